The van der Waals surface area contributed by atoms with E-state index < -0.39 is 0 Å². The van der Waals surface area contributed by atoms with Crippen LogP contribution in [-0.4, -0.2) is 24.2 Å². The molecule has 0 unspecified atom stereocenters. The van der Waals surface area contributed by atoms with E-state index in [4.69, 9.17) is 19.4 Å². The minimum atomic E-state index is 0.663. The highest BCUT2D eigenvalue weighted by atomic mass is 16.5. The largest absolute Gasteiger partial charge is 0.496 e. The van der Waals surface area contributed by atoms with Gasteiger partial charge in [-0.25, -0.2) is 9.97 Å². The number of fused-ring (bicyclic) bond motifs is 2. The third-order valence-corrected chi connectivity index (χ3v) is 9.67. The van der Waals surface area contributed by atoms with Gasteiger partial charge < -0.3 is 20.1 Å². The van der Waals surface area contributed by atoms with E-state index in [9.17, 15) is 0 Å². The number of pyridine rings is 2. The van der Waals surface area contributed by atoms with E-state index in [0.29, 0.717) is 13.1 Å². The van der Waals surface area contributed by atoms with Crippen LogP contribution in [0.25, 0.3) is 34.0 Å². The van der Waals surface area contributed by atoms with Crippen molar-refractivity contribution >= 4 is 45.6 Å². The second-order valence-corrected chi connectivity index (χ2v) is 13.4. The van der Waals surface area contributed by atoms with E-state index >= 15 is 0 Å². The van der Waals surface area contributed by atoms with Gasteiger partial charge in [0.25, 0.3) is 0 Å². The van der Waals surface area contributed by atoms with Gasteiger partial charge in [0.2, 0.25) is 0 Å². The van der Waals surface area contributed by atoms with E-state index in [0.717, 1.165) is 69.1 Å². The highest BCUT2D eigenvalue weighted by molar-refractivity contribution is 5.91. The number of anilines is 2. The first-order chi connectivity index (χ1) is 27.7. The first kappa shape index (κ1) is 37.4. The van der Waals surface area contributed by atoms with Crippen molar-refractivity contribution in [1.82, 2.24) is 9.97 Å². The molecule has 2 aromatic heterocycles. The number of benzene rings is 6. The zero-order chi connectivity index (χ0) is 38.4. The maximum Gasteiger partial charge on any atom is 0.126 e. The van der Waals surface area contributed by atoms with Crippen LogP contribution in [0.2, 0.25) is 0 Å². The number of para-hydroxylation sites is 2. The summed E-state index contributed by atoms with van der Waals surface area (Å²) in [5, 5.41) is 9.17. The van der Waals surface area contributed by atoms with Crippen molar-refractivity contribution in [3.8, 4) is 11.5 Å². The highest BCUT2D eigenvalue weighted by Gasteiger charge is 2.07. The van der Waals surface area contributed by atoms with Gasteiger partial charge in [-0.3, -0.25) is 0 Å². The molecule has 0 bridgehead atoms. The Hall–Kier alpha value is -6.92. The SMILES string of the molecule is COc1ccccc1CNc1ccc2c(C=Cc3ccccc3)cccc2n1.COc1ccccc1CNc1ccc2c(CCc3ccccc3)cccc2n1. The van der Waals surface area contributed by atoms with E-state index in [-0.39, 0.29) is 0 Å². The van der Waals surface area contributed by atoms with E-state index in [1.807, 2.05) is 72.8 Å². The molecule has 0 radical (unpaired) electrons. The fraction of sp³-hybridized carbons (Fsp3) is 0.120. The maximum absolute atomic E-state index is 5.42. The molecular weight excluding hydrogens is 689 g/mol. The van der Waals surface area contributed by atoms with Crippen molar-refractivity contribution in [3.63, 3.8) is 0 Å². The summed E-state index contributed by atoms with van der Waals surface area (Å²) in [7, 11) is 3.39. The molecule has 2 N–H and O–H groups in total. The molecule has 6 aromatic carbocycles. The minimum absolute atomic E-state index is 0.663. The topological polar surface area (TPSA) is 68.3 Å². The quantitative estimate of drug-likeness (QED) is 0.115. The van der Waals surface area contributed by atoms with Crippen LogP contribution in [-0.2, 0) is 25.9 Å². The average Bonchev–Trinajstić information content (AvgIpc) is 3.27. The summed E-state index contributed by atoms with van der Waals surface area (Å²) in [6.45, 7) is 1.34. The van der Waals surface area contributed by atoms with Crippen molar-refractivity contribution in [2.75, 3.05) is 24.9 Å². The van der Waals surface area contributed by atoms with E-state index in [2.05, 4.69) is 120 Å². The van der Waals surface area contributed by atoms with Crippen LogP contribution in [0.15, 0.2) is 170 Å². The van der Waals surface area contributed by atoms with Gasteiger partial charge in [-0.05, 0) is 83.6 Å². The first-order valence-corrected chi connectivity index (χ1v) is 18.9. The number of ether oxygens (including phenoxy) is 2. The first-order valence-electron chi connectivity index (χ1n) is 18.9. The Labute approximate surface area is 329 Å². The Morgan fingerprint density at radius 1 is 0.446 bits per heavy atom. The molecule has 0 saturated carbocycles. The van der Waals surface area contributed by atoms with Gasteiger partial charge in [0, 0.05) is 35.0 Å². The molecule has 0 aliphatic heterocycles. The number of aryl methyl sites for hydroxylation is 2. The lowest BCUT2D eigenvalue weighted by molar-refractivity contribution is 0.410. The van der Waals surface area contributed by atoms with Gasteiger partial charge in [0.05, 0.1) is 25.3 Å². The number of hydrogen-bond acceptors (Lipinski definition) is 6. The molecule has 2 heterocycles. The predicted octanol–water partition coefficient (Wildman–Crippen LogP) is 11.7. The summed E-state index contributed by atoms with van der Waals surface area (Å²) >= 11 is 0. The fourth-order valence-electron chi connectivity index (χ4n) is 6.70. The number of methoxy groups -OCH3 is 2. The normalized spacial score (nSPS) is 10.9. The molecular formula is C50H46N4O2. The van der Waals surface area contributed by atoms with E-state index in [1.165, 1.54) is 22.1 Å². The van der Waals surface area contributed by atoms with Crippen molar-refractivity contribution in [3.05, 3.63) is 203 Å². The Balaban J connectivity index is 0.000000172. The van der Waals surface area contributed by atoms with Gasteiger partial charge in [0.1, 0.15) is 23.1 Å². The van der Waals surface area contributed by atoms with Crippen LogP contribution in [0, 0.1) is 0 Å². The van der Waals surface area contributed by atoms with Gasteiger partial charge in [-0.1, -0.05) is 133 Å². The predicted molar refractivity (Wildman–Crippen MR) is 233 cm³/mol. The Morgan fingerprint density at radius 3 is 1.59 bits per heavy atom. The summed E-state index contributed by atoms with van der Waals surface area (Å²) in [6, 6.07) is 58.0. The molecule has 0 aliphatic rings. The molecule has 0 aliphatic carbocycles. The standard InChI is InChI=1S/C25H24N2O.C25H22N2O/c2*1-28-24-13-6-5-10-21(24)18-26-25-17-16-22-20(11-7-12-23(22)27-25)15-14-19-8-3-2-4-9-19/h2-13,16-17H,14-15,18H2,1H3,(H,26,27);2-17H,18H2,1H3,(H,26,27). The number of rotatable bonds is 13. The van der Waals surface area contributed by atoms with Crippen LogP contribution in [0.4, 0.5) is 11.6 Å². The lowest BCUT2D eigenvalue weighted by atomic mass is 10.0. The Kier molecular flexibility index (Phi) is 12.6. The Bertz CT molecular complexity index is 2520. The molecule has 8 rings (SSSR count). The van der Waals surface area contributed by atoms with Gasteiger partial charge >= 0.3 is 0 Å². The lowest BCUT2D eigenvalue weighted by Crippen LogP contribution is -2.03. The van der Waals surface area contributed by atoms with Crippen molar-refractivity contribution in [2.24, 2.45) is 0 Å². The number of hydrogen-bond donors (Lipinski definition) is 2. The van der Waals surface area contributed by atoms with E-state index in [1.54, 1.807) is 14.2 Å². The summed E-state index contributed by atoms with van der Waals surface area (Å²) in [5.74, 6) is 3.49. The summed E-state index contributed by atoms with van der Waals surface area (Å²) < 4.78 is 10.8. The molecule has 0 spiro atoms. The minimum Gasteiger partial charge on any atom is -0.496 e. The summed E-state index contributed by atoms with van der Waals surface area (Å²) in [4.78, 5) is 9.59. The molecule has 56 heavy (non-hydrogen) atoms. The summed E-state index contributed by atoms with van der Waals surface area (Å²) in [6.07, 6.45) is 6.31. The third kappa shape index (κ3) is 9.78. The van der Waals surface area contributed by atoms with Gasteiger partial charge in [0.15, 0.2) is 0 Å². The number of nitrogens with zero attached hydrogens (tertiary/aromatic N) is 2. The van der Waals surface area contributed by atoms with Crippen LogP contribution in [0.1, 0.15) is 33.4 Å². The zero-order valence-corrected chi connectivity index (χ0v) is 31.9. The van der Waals surface area contributed by atoms with Crippen molar-refractivity contribution in [1.29, 1.82) is 0 Å². The molecule has 6 nitrogen and oxygen atoms in total. The average molecular weight is 735 g/mol. The second-order valence-electron chi connectivity index (χ2n) is 13.4. The van der Waals surface area contributed by atoms with Crippen LogP contribution >= 0.6 is 0 Å². The second kappa shape index (κ2) is 18.9. The summed E-state index contributed by atoms with van der Waals surface area (Å²) in [5.41, 5.74) is 9.26. The third-order valence-electron chi connectivity index (χ3n) is 9.67. The molecule has 0 amide bonds. The Morgan fingerprint density at radius 2 is 0.964 bits per heavy atom. The molecule has 0 atom stereocenters. The number of nitrogens with one attached hydrogen (secondary N) is 2. The molecule has 278 valence electrons. The van der Waals surface area contributed by atoms with Crippen molar-refractivity contribution < 1.29 is 9.47 Å². The molecule has 6 heteroatoms. The van der Waals surface area contributed by atoms with Gasteiger partial charge in [-0.2, -0.15) is 0 Å². The molecule has 0 fully saturated rings. The lowest BCUT2D eigenvalue weighted by Gasteiger charge is -2.11. The van der Waals surface area contributed by atoms with Crippen molar-refractivity contribution in [2.45, 2.75) is 25.9 Å². The highest BCUT2D eigenvalue weighted by Crippen LogP contribution is 2.25. The van der Waals surface area contributed by atoms with Crippen LogP contribution in [0.5, 0.6) is 11.5 Å². The molecule has 8 aromatic rings. The molecule has 0 saturated heterocycles. The van der Waals surface area contributed by atoms with Crippen LogP contribution < -0.4 is 20.1 Å². The van der Waals surface area contributed by atoms with Gasteiger partial charge in [-0.15, -0.1) is 0 Å². The smallest absolute Gasteiger partial charge is 0.126 e. The maximum atomic E-state index is 5.42. The van der Waals surface area contributed by atoms with Crippen LogP contribution in [0.3, 0.4) is 0 Å². The monoisotopic (exact) mass is 734 g/mol. The zero-order valence-electron chi connectivity index (χ0n) is 31.9. The number of aromatic nitrogens is 2. The fourth-order valence-corrected chi connectivity index (χ4v) is 6.70.